The zero-order chi connectivity index (χ0) is 14.8. The van der Waals surface area contributed by atoms with E-state index in [0.717, 1.165) is 25.9 Å². The summed E-state index contributed by atoms with van der Waals surface area (Å²) in [6, 6.07) is 5.65. The summed E-state index contributed by atoms with van der Waals surface area (Å²) in [5, 5.41) is 0. The molecule has 0 radical (unpaired) electrons. The summed E-state index contributed by atoms with van der Waals surface area (Å²) in [5.74, 6) is 0.510. The Bertz CT molecular complexity index is 437. The molecule has 1 aliphatic heterocycles. The number of alkyl halides is 3. The molecule has 1 saturated heterocycles. The highest BCUT2D eigenvalue weighted by Crippen LogP contribution is 2.37. The number of likely N-dealkylation sites (tertiary alicyclic amines) is 1. The van der Waals surface area contributed by atoms with Gasteiger partial charge in [-0.1, -0.05) is 18.2 Å². The number of nitrogens with zero attached hydrogens (tertiary/aromatic N) is 1. The summed E-state index contributed by atoms with van der Waals surface area (Å²) in [6.45, 7) is 4.15. The topological polar surface area (TPSA) is 29.3 Å². The van der Waals surface area contributed by atoms with Gasteiger partial charge >= 0.3 is 6.18 Å². The van der Waals surface area contributed by atoms with Crippen LogP contribution in [-0.2, 0) is 6.18 Å². The molecule has 0 bridgehead atoms. The van der Waals surface area contributed by atoms with Crippen molar-refractivity contribution in [1.82, 2.24) is 4.90 Å². The van der Waals surface area contributed by atoms with E-state index < -0.39 is 11.7 Å². The van der Waals surface area contributed by atoms with E-state index in [0.29, 0.717) is 18.0 Å². The maximum atomic E-state index is 13.1. The predicted molar refractivity (Wildman–Crippen MR) is 73.2 cm³/mol. The SMILES string of the molecule is CC(c1ccccc1C(F)(F)F)N1CCC(CN)CC1. The molecule has 0 aromatic heterocycles. The van der Waals surface area contributed by atoms with Crippen LogP contribution in [0.2, 0.25) is 0 Å². The van der Waals surface area contributed by atoms with Crippen molar-refractivity contribution in [2.24, 2.45) is 11.7 Å². The average molecular weight is 286 g/mol. The van der Waals surface area contributed by atoms with Crippen molar-refractivity contribution >= 4 is 0 Å². The van der Waals surface area contributed by atoms with Gasteiger partial charge in [0.1, 0.15) is 0 Å². The lowest BCUT2D eigenvalue weighted by atomic mass is 9.93. The fourth-order valence-corrected chi connectivity index (χ4v) is 2.89. The molecule has 0 aliphatic carbocycles. The van der Waals surface area contributed by atoms with Crippen LogP contribution in [0.1, 0.15) is 36.9 Å². The van der Waals surface area contributed by atoms with E-state index >= 15 is 0 Å². The van der Waals surface area contributed by atoms with Crippen molar-refractivity contribution < 1.29 is 13.2 Å². The minimum atomic E-state index is -4.29. The van der Waals surface area contributed by atoms with Crippen LogP contribution in [0.4, 0.5) is 13.2 Å². The third-order valence-corrected chi connectivity index (χ3v) is 4.25. The maximum Gasteiger partial charge on any atom is 0.416 e. The molecule has 0 spiro atoms. The minimum Gasteiger partial charge on any atom is -0.330 e. The highest BCUT2D eigenvalue weighted by molar-refractivity contribution is 5.32. The van der Waals surface area contributed by atoms with Crippen molar-refractivity contribution in [3.63, 3.8) is 0 Å². The standard InChI is InChI=1S/C15H21F3N2/c1-11(20-8-6-12(10-19)7-9-20)13-4-2-3-5-14(13)15(16,17)18/h2-5,11-12H,6-10,19H2,1H3. The first kappa shape index (κ1) is 15.3. The molecule has 2 rings (SSSR count). The van der Waals surface area contributed by atoms with E-state index in [2.05, 4.69) is 4.90 Å². The van der Waals surface area contributed by atoms with Crippen LogP contribution in [0.3, 0.4) is 0 Å². The van der Waals surface area contributed by atoms with Crippen LogP contribution in [0.5, 0.6) is 0 Å². The van der Waals surface area contributed by atoms with Gasteiger partial charge in [0.25, 0.3) is 0 Å². The molecule has 1 unspecified atom stereocenters. The highest BCUT2D eigenvalue weighted by atomic mass is 19.4. The smallest absolute Gasteiger partial charge is 0.330 e. The van der Waals surface area contributed by atoms with Crippen LogP contribution in [0, 0.1) is 5.92 Å². The quantitative estimate of drug-likeness (QED) is 0.922. The first-order chi connectivity index (χ1) is 9.43. The predicted octanol–water partition coefficient (Wildman–Crippen LogP) is 3.44. The Labute approximate surface area is 117 Å². The Morgan fingerprint density at radius 2 is 1.85 bits per heavy atom. The fraction of sp³-hybridized carbons (Fsp3) is 0.600. The van der Waals surface area contributed by atoms with Crippen molar-refractivity contribution in [3.8, 4) is 0 Å². The molecule has 20 heavy (non-hydrogen) atoms. The van der Waals surface area contributed by atoms with E-state index in [-0.39, 0.29) is 6.04 Å². The lowest BCUT2D eigenvalue weighted by Gasteiger charge is -2.36. The van der Waals surface area contributed by atoms with Gasteiger partial charge in [-0.25, -0.2) is 0 Å². The van der Waals surface area contributed by atoms with E-state index in [1.807, 2.05) is 6.92 Å². The van der Waals surface area contributed by atoms with Crippen molar-refractivity contribution in [1.29, 1.82) is 0 Å². The van der Waals surface area contributed by atoms with Gasteiger partial charge in [0.05, 0.1) is 5.56 Å². The molecule has 112 valence electrons. The lowest BCUT2D eigenvalue weighted by Crippen LogP contribution is -2.38. The number of halogens is 3. The summed E-state index contributed by atoms with van der Waals surface area (Å²) in [4.78, 5) is 2.12. The van der Waals surface area contributed by atoms with Gasteiger partial charge in [0.2, 0.25) is 0 Å². The molecule has 5 heteroatoms. The second kappa shape index (κ2) is 6.14. The third kappa shape index (κ3) is 3.33. The van der Waals surface area contributed by atoms with Gasteiger partial charge in [-0.15, -0.1) is 0 Å². The van der Waals surface area contributed by atoms with E-state index in [4.69, 9.17) is 5.73 Å². The normalized spacial score (nSPS) is 20.1. The average Bonchev–Trinajstić information content (AvgIpc) is 2.46. The zero-order valence-electron chi connectivity index (χ0n) is 11.7. The molecule has 1 aromatic rings. The van der Waals surface area contributed by atoms with Crippen LogP contribution in [0.25, 0.3) is 0 Å². The molecule has 1 heterocycles. The van der Waals surface area contributed by atoms with Crippen molar-refractivity contribution in [3.05, 3.63) is 35.4 Å². The monoisotopic (exact) mass is 286 g/mol. The number of piperidine rings is 1. The van der Waals surface area contributed by atoms with E-state index in [1.165, 1.54) is 12.1 Å². The van der Waals surface area contributed by atoms with Crippen LogP contribution in [-0.4, -0.2) is 24.5 Å². The van der Waals surface area contributed by atoms with E-state index in [9.17, 15) is 13.2 Å². The number of hydrogen-bond donors (Lipinski definition) is 1. The Kier molecular flexibility index (Phi) is 4.70. The molecule has 0 saturated carbocycles. The Morgan fingerprint density at radius 3 is 2.40 bits per heavy atom. The molecule has 1 aromatic carbocycles. The molecular weight excluding hydrogens is 265 g/mol. The van der Waals surface area contributed by atoms with Crippen molar-refractivity contribution in [2.75, 3.05) is 19.6 Å². The van der Waals surface area contributed by atoms with Gasteiger partial charge in [0.15, 0.2) is 0 Å². The van der Waals surface area contributed by atoms with Gasteiger partial charge in [-0.3, -0.25) is 4.90 Å². The summed E-state index contributed by atoms with van der Waals surface area (Å²) in [5.41, 5.74) is 5.50. The molecular formula is C15H21F3N2. The first-order valence-electron chi connectivity index (χ1n) is 7.03. The van der Waals surface area contributed by atoms with Gasteiger partial charge in [-0.05, 0) is 56.9 Å². The largest absolute Gasteiger partial charge is 0.416 e. The number of hydrogen-bond acceptors (Lipinski definition) is 2. The molecule has 1 aliphatic rings. The maximum absolute atomic E-state index is 13.1. The summed E-state index contributed by atoms with van der Waals surface area (Å²) in [7, 11) is 0. The van der Waals surface area contributed by atoms with Gasteiger partial charge in [-0.2, -0.15) is 13.2 Å². The van der Waals surface area contributed by atoms with Crippen LogP contribution < -0.4 is 5.73 Å². The summed E-state index contributed by atoms with van der Waals surface area (Å²) < 4.78 is 39.2. The minimum absolute atomic E-state index is 0.216. The first-order valence-corrected chi connectivity index (χ1v) is 7.03. The van der Waals surface area contributed by atoms with Crippen LogP contribution >= 0.6 is 0 Å². The highest BCUT2D eigenvalue weighted by Gasteiger charge is 2.35. The molecule has 1 fully saturated rings. The van der Waals surface area contributed by atoms with Gasteiger partial charge in [0, 0.05) is 6.04 Å². The third-order valence-electron chi connectivity index (χ3n) is 4.25. The van der Waals surface area contributed by atoms with E-state index in [1.54, 1.807) is 12.1 Å². The second-order valence-corrected chi connectivity index (χ2v) is 5.48. The number of nitrogens with two attached hydrogens (primary N) is 1. The Balaban J connectivity index is 2.16. The number of rotatable bonds is 3. The molecule has 0 amide bonds. The Morgan fingerprint density at radius 1 is 1.25 bits per heavy atom. The van der Waals surface area contributed by atoms with Gasteiger partial charge < -0.3 is 5.73 Å². The number of benzene rings is 1. The summed E-state index contributed by atoms with van der Waals surface area (Å²) in [6.07, 6.45) is -2.36. The van der Waals surface area contributed by atoms with Crippen molar-refractivity contribution in [2.45, 2.75) is 32.0 Å². The Hall–Kier alpha value is -1.07. The summed E-state index contributed by atoms with van der Waals surface area (Å²) >= 11 is 0. The molecule has 2 nitrogen and oxygen atoms in total. The fourth-order valence-electron chi connectivity index (χ4n) is 2.89. The second-order valence-electron chi connectivity index (χ2n) is 5.48. The molecule has 2 N–H and O–H groups in total. The molecule has 1 atom stereocenters. The van der Waals surface area contributed by atoms with Crippen LogP contribution in [0.15, 0.2) is 24.3 Å². The zero-order valence-corrected chi connectivity index (χ0v) is 11.7. The lowest BCUT2D eigenvalue weighted by molar-refractivity contribution is -0.138.